The Bertz CT molecular complexity index is 920. The van der Waals surface area contributed by atoms with Crippen LogP contribution >= 0.6 is 11.6 Å². The van der Waals surface area contributed by atoms with Gasteiger partial charge >= 0.3 is 0 Å². The number of nitrogens with zero attached hydrogens (tertiary/aromatic N) is 2. The molecule has 7 heteroatoms. The highest BCUT2D eigenvalue weighted by Crippen LogP contribution is 2.28. The van der Waals surface area contributed by atoms with Crippen LogP contribution in [0.25, 0.3) is 10.9 Å². The summed E-state index contributed by atoms with van der Waals surface area (Å²) in [7, 11) is 0.557. The molecule has 2 aromatic heterocycles. The molecule has 0 spiro atoms. The van der Waals surface area contributed by atoms with Gasteiger partial charge < -0.3 is 18.8 Å². The van der Waals surface area contributed by atoms with Gasteiger partial charge in [-0.1, -0.05) is 43.4 Å². The van der Waals surface area contributed by atoms with E-state index in [4.69, 9.17) is 25.8 Å². The van der Waals surface area contributed by atoms with E-state index in [1.54, 1.807) is 7.11 Å². The molecule has 0 radical (unpaired) electrons. The van der Waals surface area contributed by atoms with E-state index >= 15 is 0 Å². The molecule has 28 heavy (non-hydrogen) atoms. The van der Waals surface area contributed by atoms with E-state index < -0.39 is 8.07 Å². The van der Waals surface area contributed by atoms with Crippen LogP contribution in [0, 0.1) is 0 Å². The van der Waals surface area contributed by atoms with Crippen molar-refractivity contribution in [2.24, 2.45) is 0 Å². The van der Waals surface area contributed by atoms with Crippen molar-refractivity contribution in [2.75, 3.05) is 13.7 Å². The van der Waals surface area contributed by atoms with Gasteiger partial charge in [-0.2, -0.15) is 0 Å². The fourth-order valence-electron chi connectivity index (χ4n) is 2.77. The van der Waals surface area contributed by atoms with E-state index in [1.165, 1.54) is 0 Å². The predicted octanol–water partition coefficient (Wildman–Crippen LogP) is 5.59. The van der Waals surface area contributed by atoms with E-state index in [0.29, 0.717) is 24.4 Å². The van der Waals surface area contributed by atoms with Crippen LogP contribution < -0.4 is 9.47 Å². The first-order valence-corrected chi connectivity index (χ1v) is 13.4. The van der Waals surface area contributed by atoms with Gasteiger partial charge in [-0.15, -0.1) is 0 Å². The van der Waals surface area contributed by atoms with Gasteiger partial charge in [0.1, 0.15) is 24.2 Å². The molecule has 0 atom stereocenters. The highest BCUT2D eigenvalue weighted by atomic mass is 35.5. The first kappa shape index (κ1) is 20.7. The maximum Gasteiger partial charge on any atom is 0.224 e. The zero-order chi connectivity index (χ0) is 20.1. The quantitative estimate of drug-likeness (QED) is 0.258. The third-order valence-corrected chi connectivity index (χ3v) is 6.36. The largest absolute Gasteiger partial charge is 0.497 e. The highest BCUT2D eigenvalue weighted by molar-refractivity contribution is 6.76. The minimum Gasteiger partial charge on any atom is -0.497 e. The Morgan fingerprint density at radius 1 is 1.11 bits per heavy atom. The summed E-state index contributed by atoms with van der Waals surface area (Å²) in [4.78, 5) is 4.36. The van der Waals surface area contributed by atoms with Crippen LogP contribution in [-0.4, -0.2) is 31.3 Å². The van der Waals surface area contributed by atoms with Gasteiger partial charge in [-0.05, 0) is 29.8 Å². The monoisotopic (exact) mass is 418 g/mol. The lowest BCUT2D eigenvalue weighted by Crippen LogP contribution is -2.21. The molecule has 0 saturated heterocycles. The van der Waals surface area contributed by atoms with Crippen molar-refractivity contribution in [3.63, 3.8) is 0 Å². The van der Waals surface area contributed by atoms with E-state index in [2.05, 4.69) is 24.6 Å². The van der Waals surface area contributed by atoms with Crippen molar-refractivity contribution >= 4 is 30.6 Å². The Labute approximate surface area is 172 Å². The number of hydrogen-bond donors (Lipinski definition) is 0. The number of hydrogen-bond acceptors (Lipinski definition) is 4. The van der Waals surface area contributed by atoms with E-state index in [1.807, 2.05) is 47.2 Å². The lowest BCUT2D eigenvalue weighted by atomic mass is 10.2. The van der Waals surface area contributed by atoms with Crippen LogP contribution in [-0.2, 0) is 18.1 Å². The van der Waals surface area contributed by atoms with Gasteiger partial charge in [0.15, 0.2) is 0 Å². The minimum atomic E-state index is -1.09. The summed E-state index contributed by atoms with van der Waals surface area (Å²) in [6, 6.07) is 12.7. The van der Waals surface area contributed by atoms with Gasteiger partial charge in [-0.25, -0.2) is 4.98 Å². The third-order valence-electron chi connectivity index (χ3n) is 4.46. The summed E-state index contributed by atoms with van der Waals surface area (Å²) in [5.41, 5.74) is 1.99. The molecule has 0 aliphatic rings. The lowest BCUT2D eigenvalue weighted by Gasteiger charge is -2.16. The molecular formula is C21H27ClN2O3Si. The van der Waals surface area contributed by atoms with Crippen LogP contribution in [0.2, 0.25) is 30.8 Å². The van der Waals surface area contributed by atoms with E-state index in [9.17, 15) is 0 Å². The van der Waals surface area contributed by atoms with Crippen molar-refractivity contribution in [2.45, 2.75) is 39.0 Å². The summed E-state index contributed by atoms with van der Waals surface area (Å²) < 4.78 is 19.1. The zero-order valence-electron chi connectivity index (χ0n) is 16.9. The summed E-state index contributed by atoms with van der Waals surface area (Å²) in [5, 5.41) is 1.32. The van der Waals surface area contributed by atoms with Gasteiger partial charge in [0.05, 0.1) is 18.0 Å². The third kappa shape index (κ3) is 5.50. The lowest BCUT2D eigenvalue weighted by molar-refractivity contribution is 0.0902. The number of fused-ring (bicyclic) bond motifs is 1. The molecule has 0 unspecified atom stereocenters. The molecule has 0 N–H and O–H groups in total. The smallest absolute Gasteiger partial charge is 0.224 e. The van der Waals surface area contributed by atoms with Gasteiger partial charge in [0.25, 0.3) is 0 Å². The molecule has 0 aliphatic heterocycles. The second kappa shape index (κ2) is 8.98. The summed E-state index contributed by atoms with van der Waals surface area (Å²) in [6.07, 6.45) is 1.98. The number of ether oxygens (including phenoxy) is 3. The standard InChI is InChI=1S/C21H27ClN2O3Si/c1-25-17-7-5-16(6-8-17)14-27-21-18-9-10-24(19(18)13-20(22)23-21)15-26-11-12-28(2,3)4/h5-10,13H,11-12,14-15H2,1-4H3. The Morgan fingerprint density at radius 3 is 2.54 bits per heavy atom. The maximum atomic E-state index is 6.24. The summed E-state index contributed by atoms with van der Waals surface area (Å²) in [6.45, 7) is 8.71. The minimum absolute atomic E-state index is 0.402. The van der Waals surface area contributed by atoms with E-state index in [0.717, 1.165) is 34.9 Å². The average Bonchev–Trinajstić information content (AvgIpc) is 3.06. The van der Waals surface area contributed by atoms with Crippen molar-refractivity contribution in [1.29, 1.82) is 0 Å². The number of benzene rings is 1. The highest BCUT2D eigenvalue weighted by Gasteiger charge is 2.14. The number of rotatable bonds is 9. The van der Waals surface area contributed by atoms with Crippen LogP contribution in [0.5, 0.6) is 11.6 Å². The van der Waals surface area contributed by atoms with Crippen LogP contribution in [0.4, 0.5) is 0 Å². The SMILES string of the molecule is COc1ccc(COc2nc(Cl)cc3c2ccn3COCC[Si](C)(C)C)cc1. The fraction of sp³-hybridized carbons (Fsp3) is 0.381. The van der Waals surface area contributed by atoms with Crippen LogP contribution in [0.15, 0.2) is 42.6 Å². The number of methoxy groups -OCH3 is 1. The van der Waals surface area contributed by atoms with Gasteiger partial charge in [0, 0.05) is 26.9 Å². The Hall–Kier alpha value is -2.02. The van der Waals surface area contributed by atoms with Gasteiger partial charge in [0.2, 0.25) is 5.88 Å². The average molecular weight is 419 g/mol. The van der Waals surface area contributed by atoms with Gasteiger partial charge in [-0.3, -0.25) is 0 Å². The number of pyridine rings is 1. The molecule has 0 bridgehead atoms. The summed E-state index contributed by atoms with van der Waals surface area (Å²) in [5.74, 6) is 1.34. The van der Waals surface area contributed by atoms with Crippen molar-refractivity contribution in [3.05, 3.63) is 53.3 Å². The molecule has 150 valence electrons. The Balaban J connectivity index is 1.70. The molecule has 3 aromatic rings. The molecule has 0 amide bonds. The first-order chi connectivity index (χ1) is 13.4. The van der Waals surface area contributed by atoms with Crippen molar-refractivity contribution < 1.29 is 14.2 Å². The second-order valence-corrected chi connectivity index (χ2v) is 14.0. The Morgan fingerprint density at radius 2 is 1.86 bits per heavy atom. The normalized spacial score (nSPS) is 11.8. The topological polar surface area (TPSA) is 45.5 Å². The molecular weight excluding hydrogens is 392 g/mol. The molecule has 0 aliphatic carbocycles. The van der Waals surface area contributed by atoms with Crippen molar-refractivity contribution in [3.8, 4) is 11.6 Å². The fourth-order valence-corrected chi connectivity index (χ4v) is 3.70. The molecule has 5 nitrogen and oxygen atoms in total. The Kier molecular flexibility index (Phi) is 6.64. The summed E-state index contributed by atoms with van der Waals surface area (Å²) >= 11 is 6.24. The molecule has 0 saturated carbocycles. The first-order valence-electron chi connectivity index (χ1n) is 9.34. The van der Waals surface area contributed by atoms with Crippen LogP contribution in [0.1, 0.15) is 5.56 Å². The second-order valence-electron chi connectivity index (χ2n) is 7.95. The molecule has 0 fully saturated rings. The van der Waals surface area contributed by atoms with Crippen molar-refractivity contribution in [1.82, 2.24) is 9.55 Å². The zero-order valence-corrected chi connectivity index (χ0v) is 18.6. The molecule has 3 rings (SSSR count). The van der Waals surface area contributed by atoms with Crippen LogP contribution in [0.3, 0.4) is 0 Å². The number of aromatic nitrogens is 2. The molecule has 2 heterocycles. The number of halogens is 1. The van der Waals surface area contributed by atoms with E-state index in [-0.39, 0.29) is 0 Å². The maximum absolute atomic E-state index is 6.24. The molecule has 1 aromatic carbocycles. The predicted molar refractivity (Wildman–Crippen MR) is 116 cm³/mol.